The highest BCUT2D eigenvalue weighted by molar-refractivity contribution is 5.72. The molecule has 0 radical (unpaired) electrons. The molecule has 17 heavy (non-hydrogen) atoms. The van der Waals surface area contributed by atoms with Gasteiger partial charge in [-0.05, 0) is 12.1 Å². The maximum Gasteiger partial charge on any atom is 0.287 e. The standard InChI is InChI=1S/C11H12N2O4/c1-13-7-5-3-2-4-6(7)12-10(13)8(14)9(15)11(16)17/h2-5,8-9,14-15H,1H3,(H,16,17)/t8-,9-/m1/s1. The minimum atomic E-state index is -1.96. The van der Waals surface area contributed by atoms with Gasteiger partial charge in [-0.1, -0.05) is 12.1 Å². The molecule has 6 heteroatoms. The van der Waals surface area contributed by atoms with Crippen LogP contribution in [0.15, 0.2) is 24.3 Å². The molecule has 0 aliphatic carbocycles. The Hall–Kier alpha value is -1.92. The number of hydrogen-bond acceptors (Lipinski definition) is 4. The molecule has 1 aromatic carbocycles. The number of rotatable bonds is 3. The van der Waals surface area contributed by atoms with Gasteiger partial charge in [0.2, 0.25) is 0 Å². The highest BCUT2D eigenvalue weighted by atomic mass is 16.4. The van der Waals surface area contributed by atoms with E-state index in [0.29, 0.717) is 0 Å². The number of carboxylic acids is 1. The summed E-state index contributed by atoms with van der Waals surface area (Å²) >= 11 is 0. The van der Waals surface area contributed by atoms with Crippen LogP contribution in [0, 0.1) is 0 Å². The number of para-hydroxylation sites is 2. The topological polar surface area (TPSA) is 100 Å². The first-order valence-electron chi connectivity index (χ1n) is 5.06. The summed E-state index contributed by atoms with van der Waals surface area (Å²) in [6, 6.07) is 7.23. The number of fused-ring (bicyclic) bond motifs is 1. The minimum absolute atomic E-state index is 0.211. The smallest absolute Gasteiger partial charge is 0.287 e. The Balaban J connectivity index is 2.49. The average Bonchev–Trinajstić information content (AvgIpc) is 2.65. The molecule has 1 aromatic heterocycles. The van der Waals surface area contributed by atoms with Gasteiger partial charge >= 0.3 is 0 Å². The molecule has 2 atom stereocenters. The monoisotopic (exact) mass is 236 g/mol. The molecule has 0 unspecified atom stereocenters. The molecule has 1 heterocycles. The summed E-state index contributed by atoms with van der Waals surface area (Å²) in [6.07, 6.45) is -3.52. The van der Waals surface area contributed by atoms with Crippen molar-refractivity contribution in [1.82, 2.24) is 4.98 Å². The molecule has 0 aliphatic heterocycles. The number of aromatic nitrogens is 2. The number of carbonyl (C=O) groups excluding carboxylic acids is 1. The third-order valence-electron chi connectivity index (χ3n) is 2.71. The van der Waals surface area contributed by atoms with E-state index < -0.39 is 18.2 Å². The van der Waals surface area contributed by atoms with E-state index >= 15 is 0 Å². The SMILES string of the molecule is C[n+]1c([C@H](O)[C@@H](O)C(=O)[O-])[nH]c2ccccc21. The summed E-state index contributed by atoms with van der Waals surface area (Å²) < 4.78 is 1.59. The zero-order valence-electron chi connectivity index (χ0n) is 9.12. The fourth-order valence-corrected chi connectivity index (χ4v) is 1.77. The molecule has 2 aromatic rings. The first-order chi connectivity index (χ1) is 8.02. The second-order valence-corrected chi connectivity index (χ2v) is 3.80. The number of carbonyl (C=O) groups is 1. The molecule has 90 valence electrons. The van der Waals surface area contributed by atoms with Crippen molar-refractivity contribution in [1.29, 1.82) is 0 Å². The maximum absolute atomic E-state index is 10.5. The average molecular weight is 236 g/mol. The number of aromatic amines is 1. The van der Waals surface area contributed by atoms with E-state index in [9.17, 15) is 20.1 Å². The molecule has 0 aliphatic rings. The number of aryl methyl sites for hydroxylation is 1. The summed E-state index contributed by atoms with van der Waals surface area (Å²) in [6.45, 7) is 0. The Morgan fingerprint density at radius 1 is 1.41 bits per heavy atom. The number of aliphatic hydroxyl groups excluding tert-OH is 2. The Morgan fingerprint density at radius 2 is 2.06 bits per heavy atom. The van der Waals surface area contributed by atoms with Crippen LogP contribution >= 0.6 is 0 Å². The molecule has 2 rings (SSSR count). The Labute approximate surface area is 96.8 Å². The lowest BCUT2D eigenvalue weighted by molar-refractivity contribution is -0.657. The Bertz CT molecular complexity index is 564. The van der Waals surface area contributed by atoms with Crippen molar-refractivity contribution >= 4 is 17.0 Å². The van der Waals surface area contributed by atoms with Gasteiger partial charge in [-0.25, -0.2) is 9.55 Å². The quantitative estimate of drug-likeness (QED) is 0.544. The molecule has 0 saturated heterocycles. The highest BCUT2D eigenvalue weighted by Gasteiger charge is 2.29. The molecule has 0 fully saturated rings. The predicted molar refractivity (Wildman–Crippen MR) is 55.4 cm³/mol. The summed E-state index contributed by atoms with van der Waals surface area (Å²) in [5.41, 5.74) is 1.54. The molecule has 0 saturated carbocycles. The lowest BCUT2D eigenvalue weighted by Crippen LogP contribution is -2.44. The van der Waals surface area contributed by atoms with E-state index in [4.69, 9.17) is 0 Å². The molecule has 6 nitrogen and oxygen atoms in total. The van der Waals surface area contributed by atoms with E-state index in [1.165, 1.54) is 0 Å². The molecule has 0 bridgehead atoms. The van der Waals surface area contributed by atoms with Crippen LogP contribution < -0.4 is 9.67 Å². The lowest BCUT2D eigenvalue weighted by Gasteiger charge is -2.14. The van der Waals surface area contributed by atoms with Crippen LogP contribution in [0.4, 0.5) is 0 Å². The zero-order chi connectivity index (χ0) is 12.6. The van der Waals surface area contributed by atoms with E-state index in [-0.39, 0.29) is 5.82 Å². The molecular weight excluding hydrogens is 224 g/mol. The summed E-state index contributed by atoms with van der Waals surface area (Å²) in [4.78, 5) is 13.4. The number of nitrogens with zero attached hydrogens (tertiary/aromatic N) is 1. The van der Waals surface area contributed by atoms with Gasteiger partial charge in [0.25, 0.3) is 5.82 Å². The van der Waals surface area contributed by atoms with Crippen molar-refractivity contribution in [2.75, 3.05) is 0 Å². The molecule has 0 amide bonds. The Kier molecular flexibility index (Phi) is 2.83. The van der Waals surface area contributed by atoms with Crippen LogP contribution in [0.3, 0.4) is 0 Å². The van der Waals surface area contributed by atoms with Crippen LogP contribution in [-0.4, -0.2) is 27.3 Å². The van der Waals surface area contributed by atoms with Crippen molar-refractivity contribution in [3.8, 4) is 0 Å². The first-order valence-corrected chi connectivity index (χ1v) is 5.06. The highest BCUT2D eigenvalue weighted by Crippen LogP contribution is 2.16. The molecule has 3 N–H and O–H groups in total. The van der Waals surface area contributed by atoms with Crippen molar-refractivity contribution in [2.24, 2.45) is 7.05 Å². The number of imidazole rings is 1. The van der Waals surface area contributed by atoms with Crippen LogP contribution in [0.1, 0.15) is 11.9 Å². The summed E-state index contributed by atoms with van der Waals surface area (Å²) in [5, 5.41) is 29.5. The first kappa shape index (κ1) is 11.6. The van der Waals surface area contributed by atoms with Gasteiger partial charge in [-0.3, -0.25) is 0 Å². The largest absolute Gasteiger partial charge is 0.547 e. The van der Waals surface area contributed by atoms with Crippen molar-refractivity contribution in [3.05, 3.63) is 30.1 Å². The Morgan fingerprint density at radius 3 is 2.65 bits per heavy atom. The third kappa shape index (κ3) is 1.88. The lowest BCUT2D eigenvalue weighted by atomic mass is 10.2. The third-order valence-corrected chi connectivity index (χ3v) is 2.71. The van der Waals surface area contributed by atoms with Gasteiger partial charge in [-0.2, -0.15) is 0 Å². The second kappa shape index (κ2) is 4.15. The normalized spacial score (nSPS) is 14.8. The fraction of sp³-hybridized carbons (Fsp3) is 0.273. The fourth-order valence-electron chi connectivity index (χ4n) is 1.77. The molecular formula is C11H12N2O4. The van der Waals surface area contributed by atoms with Gasteiger partial charge in [-0.15, -0.1) is 0 Å². The van der Waals surface area contributed by atoms with E-state index in [0.717, 1.165) is 11.0 Å². The number of benzene rings is 1. The minimum Gasteiger partial charge on any atom is -0.547 e. The summed E-state index contributed by atoms with van der Waals surface area (Å²) in [5.74, 6) is -1.50. The number of aliphatic carboxylic acids is 1. The zero-order valence-corrected chi connectivity index (χ0v) is 9.12. The van der Waals surface area contributed by atoms with Crippen LogP contribution in [-0.2, 0) is 11.8 Å². The van der Waals surface area contributed by atoms with E-state index in [1.807, 2.05) is 18.2 Å². The van der Waals surface area contributed by atoms with Crippen LogP contribution in [0.25, 0.3) is 11.0 Å². The van der Waals surface area contributed by atoms with Crippen molar-refractivity contribution in [3.63, 3.8) is 0 Å². The van der Waals surface area contributed by atoms with E-state index in [1.54, 1.807) is 17.7 Å². The van der Waals surface area contributed by atoms with Gasteiger partial charge in [0.15, 0.2) is 17.1 Å². The summed E-state index contributed by atoms with van der Waals surface area (Å²) in [7, 11) is 1.67. The maximum atomic E-state index is 10.5. The number of H-pyrrole nitrogens is 1. The number of nitrogens with one attached hydrogen (secondary N) is 1. The van der Waals surface area contributed by atoms with Gasteiger partial charge in [0.1, 0.15) is 6.10 Å². The van der Waals surface area contributed by atoms with Crippen LogP contribution in [0.5, 0.6) is 0 Å². The van der Waals surface area contributed by atoms with Gasteiger partial charge in [0, 0.05) is 0 Å². The number of hydrogen-bond donors (Lipinski definition) is 3. The number of aliphatic hydroxyl groups is 2. The number of carboxylic acid groups (broad SMARTS) is 1. The van der Waals surface area contributed by atoms with Gasteiger partial charge in [0.05, 0.1) is 13.0 Å². The van der Waals surface area contributed by atoms with Crippen molar-refractivity contribution in [2.45, 2.75) is 12.2 Å². The second-order valence-electron chi connectivity index (χ2n) is 3.80. The predicted octanol–water partition coefficient (Wildman–Crippen LogP) is -1.86. The van der Waals surface area contributed by atoms with Crippen molar-refractivity contribution < 1.29 is 24.7 Å². The molecule has 0 spiro atoms. The van der Waals surface area contributed by atoms with Crippen LogP contribution in [0.2, 0.25) is 0 Å². The van der Waals surface area contributed by atoms with Gasteiger partial charge < -0.3 is 20.1 Å². The van der Waals surface area contributed by atoms with E-state index in [2.05, 4.69) is 4.98 Å².